The van der Waals surface area contributed by atoms with Gasteiger partial charge in [0.2, 0.25) is 0 Å². The van der Waals surface area contributed by atoms with Gasteiger partial charge in [0.1, 0.15) is 6.17 Å². The third-order valence-electron chi connectivity index (χ3n) is 1.10. The molecule has 0 fully saturated rings. The van der Waals surface area contributed by atoms with Crippen molar-refractivity contribution >= 4 is 0 Å². The van der Waals surface area contributed by atoms with Crippen molar-refractivity contribution in [3.8, 4) is 0 Å². The molecule has 4 nitrogen and oxygen atoms in total. The second-order valence-corrected chi connectivity index (χ2v) is 2.57. The first-order chi connectivity index (χ1) is 5.18. The molecule has 1 radical (unpaired) electrons. The molecule has 0 saturated carbocycles. The fraction of sp³-hybridized carbons (Fsp3) is 0.500. The molecule has 0 amide bonds. The van der Waals surface area contributed by atoms with E-state index in [2.05, 4.69) is 16.2 Å². The Bertz CT molecular complexity index is 148. The van der Waals surface area contributed by atoms with Gasteiger partial charge < -0.3 is 0 Å². The van der Waals surface area contributed by atoms with Crippen molar-refractivity contribution in [1.82, 2.24) is 21.5 Å². The Kier molecular flexibility index (Phi) is 2.81. The number of hydrogen-bond acceptors (Lipinski definition) is 4. The van der Waals surface area contributed by atoms with E-state index in [0.717, 1.165) is 0 Å². The van der Waals surface area contributed by atoms with Gasteiger partial charge in [-0.05, 0) is 19.9 Å². The molecule has 0 bridgehead atoms. The quantitative estimate of drug-likeness (QED) is 0.503. The molecule has 63 valence electrons. The zero-order valence-electron chi connectivity index (χ0n) is 6.56. The maximum atomic E-state index is 12.4. The standard InChI is InChI=1S/C6H12FN4/c1-5(2)9-6-3-4-8-11(7)10-6/h3-5,8-10H,1-2H3. The average molecular weight is 159 g/mol. The predicted molar refractivity (Wildman–Crippen MR) is 39.9 cm³/mol. The van der Waals surface area contributed by atoms with E-state index in [4.69, 9.17) is 0 Å². The molecule has 0 saturated heterocycles. The van der Waals surface area contributed by atoms with Crippen LogP contribution >= 0.6 is 0 Å². The van der Waals surface area contributed by atoms with Gasteiger partial charge in [0.15, 0.2) is 0 Å². The van der Waals surface area contributed by atoms with Gasteiger partial charge in [-0.3, -0.25) is 10.7 Å². The summed E-state index contributed by atoms with van der Waals surface area (Å²) in [6.07, 6.45) is 3.86. The van der Waals surface area contributed by atoms with Gasteiger partial charge in [0.05, 0.1) is 0 Å². The van der Waals surface area contributed by atoms with Crippen LogP contribution in [0.3, 0.4) is 0 Å². The third-order valence-corrected chi connectivity index (χ3v) is 1.10. The Labute approximate surface area is 65.3 Å². The molecular weight excluding hydrogens is 147 g/mol. The molecule has 1 rings (SSSR count). The van der Waals surface area contributed by atoms with Crippen molar-refractivity contribution < 1.29 is 4.48 Å². The summed E-state index contributed by atoms with van der Waals surface area (Å²) >= 11 is 0. The van der Waals surface area contributed by atoms with Gasteiger partial charge in [0.25, 0.3) is 0 Å². The molecule has 0 aliphatic carbocycles. The van der Waals surface area contributed by atoms with Gasteiger partial charge in [-0.25, -0.2) is 0 Å². The fourth-order valence-electron chi connectivity index (χ4n) is 0.753. The topological polar surface area (TPSA) is 39.3 Å². The first-order valence-electron chi connectivity index (χ1n) is 3.47. The first-order valence-corrected chi connectivity index (χ1v) is 3.47. The average Bonchev–Trinajstić information content (AvgIpc) is 1.85. The highest BCUT2D eigenvalue weighted by atomic mass is 19.2. The summed E-state index contributed by atoms with van der Waals surface area (Å²) in [5, 5.41) is 3.29. The lowest BCUT2D eigenvalue weighted by Gasteiger charge is -2.24. The molecule has 3 N–H and O–H groups in total. The zero-order chi connectivity index (χ0) is 8.27. The van der Waals surface area contributed by atoms with Crippen LogP contribution in [0.1, 0.15) is 13.8 Å². The lowest BCUT2D eigenvalue weighted by molar-refractivity contribution is -0.0733. The lowest BCUT2D eigenvalue weighted by Crippen LogP contribution is -2.50. The van der Waals surface area contributed by atoms with E-state index < -0.39 is 0 Å². The van der Waals surface area contributed by atoms with Crippen LogP contribution in [0.5, 0.6) is 0 Å². The van der Waals surface area contributed by atoms with Crippen LogP contribution < -0.4 is 16.2 Å². The number of hydrazine groups is 2. The summed E-state index contributed by atoms with van der Waals surface area (Å²) in [6, 6.07) is 0.286. The second kappa shape index (κ2) is 3.66. The van der Waals surface area contributed by atoms with Crippen molar-refractivity contribution in [2.24, 2.45) is 0 Å². The second-order valence-electron chi connectivity index (χ2n) is 2.57. The van der Waals surface area contributed by atoms with Gasteiger partial charge in [0, 0.05) is 17.6 Å². The maximum Gasteiger partial charge on any atom is 0.144 e. The van der Waals surface area contributed by atoms with E-state index in [1.54, 1.807) is 6.08 Å². The molecule has 1 heterocycles. The zero-order valence-corrected chi connectivity index (χ0v) is 6.56. The minimum atomic E-state index is 0.282. The first kappa shape index (κ1) is 8.45. The van der Waals surface area contributed by atoms with E-state index in [-0.39, 0.29) is 11.4 Å². The third kappa shape index (κ3) is 2.83. The van der Waals surface area contributed by atoms with E-state index in [1.807, 2.05) is 13.8 Å². The number of rotatable bonds is 2. The van der Waals surface area contributed by atoms with Crippen LogP contribution in [0.25, 0.3) is 0 Å². The summed E-state index contributed by atoms with van der Waals surface area (Å²) in [6.45, 7) is 3.96. The van der Waals surface area contributed by atoms with Crippen LogP contribution in [0.2, 0.25) is 0 Å². The Hall–Kier alpha value is -0.650. The smallest absolute Gasteiger partial charge is 0.144 e. The van der Waals surface area contributed by atoms with Crippen LogP contribution in [-0.4, -0.2) is 11.4 Å². The number of nitrogens with one attached hydrogen (secondary N) is 3. The van der Waals surface area contributed by atoms with Gasteiger partial charge in [-0.2, -0.15) is 5.43 Å². The molecule has 0 aromatic carbocycles. The molecular formula is C6H12FN4. The summed E-state index contributed by atoms with van der Waals surface area (Å²) in [7, 11) is 0. The predicted octanol–water partition coefficient (Wildman–Crippen LogP) is 0.197. The Morgan fingerprint density at radius 2 is 2.36 bits per heavy atom. The molecule has 0 atom stereocenters. The number of nitrogens with zero attached hydrogens (tertiary/aromatic N) is 1. The highest BCUT2D eigenvalue weighted by molar-refractivity contribution is 5.06. The largest absolute Gasteiger partial charge is 0.290 e. The fourth-order valence-corrected chi connectivity index (χ4v) is 0.753. The van der Waals surface area contributed by atoms with Crippen LogP contribution in [0, 0.1) is 6.17 Å². The molecule has 1 aliphatic heterocycles. The van der Waals surface area contributed by atoms with E-state index in [0.29, 0.717) is 6.17 Å². The molecule has 0 spiro atoms. The van der Waals surface area contributed by atoms with Crippen LogP contribution in [-0.2, 0) is 0 Å². The van der Waals surface area contributed by atoms with Crippen molar-refractivity contribution in [2.45, 2.75) is 19.9 Å². The minimum absolute atomic E-state index is 0.282. The van der Waals surface area contributed by atoms with Gasteiger partial charge in [-0.1, -0.05) is 4.48 Å². The van der Waals surface area contributed by atoms with Gasteiger partial charge >= 0.3 is 0 Å². The monoisotopic (exact) mass is 159 g/mol. The Balaban J connectivity index is 2.34. The molecule has 0 aromatic heterocycles. The minimum Gasteiger partial charge on any atom is -0.290 e. The molecule has 11 heavy (non-hydrogen) atoms. The number of halogens is 1. The van der Waals surface area contributed by atoms with Crippen molar-refractivity contribution in [3.05, 3.63) is 18.4 Å². The highest BCUT2D eigenvalue weighted by Crippen LogP contribution is 1.99. The summed E-state index contributed by atoms with van der Waals surface area (Å²) < 4.78 is 12.4. The summed E-state index contributed by atoms with van der Waals surface area (Å²) in [5.41, 5.74) is 4.72. The van der Waals surface area contributed by atoms with Gasteiger partial charge in [-0.15, -0.1) is 0 Å². The molecule has 5 heteroatoms. The normalized spacial score (nSPS) is 20.7. The summed E-state index contributed by atoms with van der Waals surface area (Å²) in [4.78, 5) is 0. The lowest BCUT2D eigenvalue weighted by atomic mass is 10.3. The number of hydrogen-bond donors (Lipinski definition) is 3. The van der Waals surface area contributed by atoms with Crippen molar-refractivity contribution in [3.63, 3.8) is 0 Å². The Morgan fingerprint density at radius 3 is 2.91 bits per heavy atom. The van der Waals surface area contributed by atoms with E-state index in [1.165, 1.54) is 6.20 Å². The highest BCUT2D eigenvalue weighted by Gasteiger charge is 2.14. The molecule has 0 aromatic rings. The Morgan fingerprint density at radius 1 is 1.64 bits per heavy atom. The molecule has 0 unspecified atom stereocenters. The maximum absolute atomic E-state index is 12.4. The van der Waals surface area contributed by atoms with E-state index in [9.17, 15) is 4.48 Å². The van der Waals surface area contributed by atoms with Crippen LogP contribution in [0.15, 0.2) is 12.3 Å². The van der Waals surface area contributed by atoms with Crippen molar-refractivity contribution in [1.29, 1.82) is 0 Å². The SMILES string of the molecule is CC(C)N[C]1C=CNN(F)N1. The van der Waals surface area contributed by atoms with E-state index >= 15 is 0 Å². The van der Waals surface area contributed by atoms with Crippen LogP contribution in [0.4, 0.5) is 4.48 Å². The van der Waals surface area contributed by atoms with Crippen molar-refractivity contribution in [2.75, 3.05) is 0 Å². The summed E-state index contributed by atoms with van der Waals surface area (Å²) in [5.74, 6) is 0. The molecule has 1 aliphatic rings.